The van der Waals surface area contributed by atoms with Gasteiger partial charge in [0.15, 0.2) is 11.0 Å². The number of aromatic amines is 2. The predicted octanol–water partition coefficient (Wildman–Crippen LogP) is 5.31. The highest BCUT2D eigenvalue weighted by atomic mass is 32.1. The van der Waals surface area contributed by atoms with Crippen molar-refractivity contribution in [3.8, 4) is 33.3 Å². The van der Waals surface area contributed by atoms with Crippen molar-refractivity contribution in [2.45, 2.75) is 0 Å². The highest BCUT2D eigenvalue weighted by molar-refractivity contribution is 7.13. The number of imidazole rings is 1. The molecule has 0 radical (unpaired) electrons. The van der Waals surface area contributed by atoms with E-state index in [2.05, 4.69) is 42.0 Å². The first-order valence-corrected chi connectivity index (χ1v) is 12.3. The third kappa shape index (κ3) is 4.46. The Balaban J connectivity index is 1.38. The summed E-state index contributed by atoms with van der Waals surface area (Å²) in [4.78, 5) is 24.3. The number of fused-ring (bicyclic) bond motifs is 2. The van der Waals surface area contributed by atoms with Gasteiger partial charge in [0.1, 0.15) is 16.9 Å². The number of hydrogen-bond donors (Lipinski definition) is 3. The van der Waals surface area contributed by atoms with Gasteiger partial charge in [0.2, 0.25) is 0 Å². The van der Waals surface area contributed by atoms with Crippen molar-refractivity contribution in [3.63, 3.8) is 0 Å². The second kappa shape index (κ2) is 9.19. The molecule has 6 aromatic heterocycles. The van der Waals surface area contributed by atoms with E-state index in [0.717, 1.165) is 50.4 Å². The summed E-state index contributed by atoms with van der Waals surface area (Å²) in [6.07, 6.45) is 6.96. The van der Waals surface area contributed by atoms with E-state index < -0.39 is 0 Å². The van der Waals surface area contributed by atoms with E-state index in [4.69, 9.17) is 4.98 Å². The van der Waals surface area contributed by atoms with Crippen LogP contribution in [0.15, 0.2) is 67.4 Å². The van der Waals surface area contributed by atoms with Crippen LogP contribution in [0.1, 0.15) is 0 Å². The van der Waals surface area contributed by atoms with E-state index in [1.807, 2.05) is 37.2 Å². The van der Waals surface area contributed by atoms with E-state index >= 15 is 0 Å². The monoisotopic (exact) mass is 511 g/mol. The van der Waals surface area contributed by atoms with Crippen LogP contribution in [0.4, 0.5) is 10.1 Å². The van der Waals surface area contributed by atoms with Crippen LogP contribution in [0.5, 0.6) is 0 Å². The number of pyridine rings is 3. The summed E-state index contributed by atoms with van der Waals surface area (Å²) in [6.45, 7) is 4.79. The Morgan fingerprint density at radius 1 is 1.08 bits per heavy atom. The number of rotatable bonds is 7. The van der Waals surface area contributed by atoms with Gasteiger partial charge in [-0.05, 0) is 44.4 Å². The summed E-state index contributed by atoms with van der Waals surface area (Å²) < 4.78 is 13.7. The van der Waals surface area contributed by atoms with Gasteiger partial charge in [0.05, 0.1) is 39.7 Å². The number of nitrogens with one attached hydrogen (secondary N) is 3. The second-order valence-corrected chi connectivity index (χ2v) is 9.89. The molecule has 0 saturated carbocycles. The summed E-state index contributed by atoms with van der Waals surface area (Å²) in [5.41, 5.74) is 6.81. The van der Waals surface area contributed by atoms with Crippen LogP contribution in [0.25, 0.3) is 55.3 Å². The van der Waals surface area contributed by atoms with Gasteiger partial charge in [0.25, 0.3) is 0 Å². The number of nitrogens with zero attached hydrogens (tertiary/aromatic N) is 6. The third-order valence-corrected chi connectivity index (χ3v) is 6.62. The molecule has 0 bridgehead atoms. The minimum Gasteiger partial charge on any atom is -0.357 e. The van der Waals surface area contributed by atoms with E-state index in [1.54, 1.807) is 30.9 Å². The van der Waals surface area contributed by atoms with Crippen LogP contribution in [0.3, 0.4) is 0 Å². The fraction of sp³-hybridized carbons (Fsp3) is 0.115. The molecular formula is C26H22FN9S. The van der Waals surface area contributed by atoms with Gasteiger partial charge in [-0.2, -0.15) is 9.49 Å². The topological polar surface area (TPSA) is 111 Å². The lowest BCUT2D eigenvalue weighted by Gasteiger charge is -2.14. The zero-order valence-electron chi connectivity index (χ0n) is 20.1. The molecule has 0 aliphatic carbocycles. The van der Waals surface area contributed by atoms with Crippen molar-refractivity contribution in [1.29, 1.82) is 0 Å². The van der Waals surface area contributed by atoms with E-state index in [1.165, 1.54) is 6.07 Å². The van der Waals surface area contributed by atoms with Crippen LogP contribution in [-0.4, -0.2) is 60.7 Å². The minimum atomic E-state index is -0.265. The Morgan fingerprint density at radius 3 is 2.78 bits per heavy atom. The molecule has 3 N–H and O–H groups in total. The molecule has 184 valence electrons. The molecule has 0 spiro atoms. The number of H-pyrrole nitrogens is 2. The summed E-state index contributed by atoms with van der Waals surface area (Å²) in [5.74, 6) is 0.582. The van der Waals surface area contributed by atoms with Crippen LogP contribution in [0, 0.1) is 5.13 Å². The average molecular weight is 512 g/mol. The molecule has 9 nitrogen and oxygen atoms in total. The summed E-state index contributed by atoms with van der Waals surface area (Å²) in [5, 5.41) is 11.4. The first kappa shape index (κ1) is 23.0. The van der Waals surface area contributed by atoms with Crippen LogP contribution in [-0.2, 0) is 0 Å². The molecule has 37 heavy (non-hydrogen) atoms. The maximum absolute atomic E-state index is 13.7. The number of aromatic nitrogens is 7. The smallest absolute Gasteiger partial charge is 0.177 e. The summed E-state index contributed by atoms with van der Waals surface area (Å²) >= 11 is 1.04. The number of halogens is 1. The first-order chi connectivity index (χ1) is 17.9. The van der Waals surface area contributed by atoms with Gasteiger partial charge < -0.3 is 15.2 Å². The van der Waals surface area contributed by atoms with Gasteiger partial charge in [-0.1, -0.05) is 6.58 Å². The molecule has 0 fully saturated rings. The summed E-state index contributed by atoms with van der Waals surface area (Å²) in [7, 11) is 3.98. The Kier molecular flexibility index (Phi) is 5.70. The lowest BCUT2D eigenvalue weighted by Crippen LogP contribution is -2.18. The molecule has 6 rings (SSSR count). The van der Waals surface area contributed by atoms with Crippen molar-refractivity contribution >= 4 is 39.0 Å². The molecule has 0 aliphatic heterocycles. The Morgan fingerprint density at radius 2 is 1.97 bits per heavy atom. The molecule has 0 atom stereocenters. The highest BCUT2D eigenvalue weighted by Gasteiger charge is 2.18. The molecule has 0 saturated heterocycles. The number of hydrogen-bond acceptors (Lipinski definition) is 8. The lowest BCUT2D eigenvalue weighted by molar-refractivity contribution is 0.447. The van der Waals surface area contributed by atoms with Crippen molar-refractivity contribution < 1.29 is 4.39 Å². The molecule has 0 unspecified atom stereocenters. The van der Waals surface area contributed by atoms with Gasteiger partial charge in [-0.25, -0.2) is 4.98 Å². The van der Waals surface area contributed by atoms with E-state index in [0.29, 0.717) is 34.2 Å². The highest BCUT2D eigenvalue weighted by Crippen LogP contribution is 2.33. The van der Waals surface area contributed by atoms with Crippen molar-refractivity contribution in [1.82, 2.24) is 40.0 Å². The fourth-order valence-corrected chi connectivity index (χ4v) is 4.93. The minimum absolute atomic E-state index is 0.265. The van der Waals surface area contributed by atoms with E-state index in [-0.39, 0.29) is 5.13 Å². The van der Waals surface area contributed by atoms with Gasteiger partial charge in [-0.3, -0.25) is 20.1 Å². The molecule has 11 heteroatoms. The van der Waals surface area contributed by atoms with Gasteiger partial charge in [0, 0.05) is 35.6 Å². The molecule has 0 aromatic carbocycles. The zero-order chi connectivity index (χ0) is 25.5. The normalized spacial score (nSPS) is 11.6. The Hall–Kier alpha value is -4.48. The van der Waals surface area contributed by atoms with Crippen molar-refractivity contribution in [2.75, 3.05) is 26.0 Å². The lowest BCUT2D eigenvalue weighted by atomic mass is 10.1. The quantitative estimate of drug-likeness (QED) is 0.266. The maximum atomic E-state index is 13.7. The van der Waals surface area contributed by atoms with Crippen molar-refractivity contribution in [3.05, 3.63) is 72.5 Å². The summed E-state index contributed by atoms with van der Waals surface area (Å²) in [6, 6.07) is 8.94. The number of thiophene rings is 1. The second-order valence-electron chi connectivity index (χ2n) is 8.86. The number of anilines is 1. The fourth-order valence-electron chi connectivity index (χ4n) is 4.20. The molecule has 0 aliphatic rings. The number of likely N-dealkylation sites (N-methyl/N-ethyl adjacent to an activating group) is 1. The zero-order valence-corrected chi connectivity index (χ0v) is 20.9. The molecule has 6 heterocycles. The molecule has 0 amide bonds. The maximum Gasteiger partial charge on any atom is 0.177 e. The van der Waals surface area contributed by atoms with Crippen LogP contribution in [0.2, 0.25) is 0 Å². The third-order valence-electron chi connectivity index (χ3n) is 5.74. The van der Waals surface area contributed by atoms with Crippen LogP contribution < -0.4 is 5.32 Å². The standard InChI is InChI=1S/C26H22FN9S/c1-14(13-36(2)3)31-16-8-15(10-28-11-16)19-9-17-20(12-30-19)34-35-23(17)26-32-18-6-7-29-25(24(18)33-26)21-4-5-22(27)37-21/h4-12,31H,1,13H2,2-3H3,(H,32,33)(H,34,35). The Bertz CT molecular complexity index is 1760. The van der Waals surface area contributed by atoms with Crippen molar-refractivity contribution in [2.24, 2.45) is 0 Å². The van der Waals surface area contributed by atoms with Gasteiger partial charge >= 0.3 is 0 Å². The SMILES string of the molecule is C=C(CN(C)C)Nc1cncc(-c2cc3c(-c4nc5c(-c6ccc(F)s6)nccc5[nH]4)n[nH]c3cn2)c1. The molecular weight excluding hydrogens is 489 g/mol. The van der Waals surface area contributed by atoms with Crippen LogP contribution >= 0.6 is 11.3 Å². The average Bonchev–Trinajstić information content (AvgIpc) is 3.60. The first-order valence-electron chi connectivity index (χ1n) is 11.4. The van der Waals surface area contributed by atoms with E-state index in [9.17, 15) is 4.39 Å². The Labute approximate surface area is 215 Å². The molecule has 6 aromatic rings. The van der Waals surface area contributed by atoms with Gasteiger partial charge in [-0.15, -0.1) is 11.3 Å². The largest absolute Gasteiger partial charge is 0.357 e. The predicted molar refractivity (Wildman–Crippen MR) is 145 cm³/mol.